The van der Waals surface area contributed by atoms with E-state index in [-0.39, 0.29) is 36.8 Å². The summed E-state index contributed by atoms with van der Waals surface area (Å²) in [4.78, 5) is 50.3. The van der Waals surface area contributed by atoms with Crippen molar-refractivity contribution in [3.8, 4) is 0 Å². The molecule has 9 nitrogen and oxygen atoms in total. The molecule has 0 spiro atoms. The molecule has 0 saturated carbocycles. The number of nitrogens with zero attached hydrogens (tertiary/aromatic N) is 5. The molecule has 0 radical (unpaired) electrons. The molecule has 3 aliphatic heterocycles. The van der Waals surface area contributed by atoms with Gasteiger partial charge in [0.1, 0.15) is 17.6 Å². The van der Waals surface area contributed by atoms with E-state index in [0.29, 0.717) is 31.1 Å². The molecule has 1 aromatic carbocycles. The van der Waals surface area contributed by atoms with Crippen LogP contribution in [0, 0.1) is 12.4 Å². The highest BCUT2D eigenvalue weighted by Crippen LogP contribution is 2.35. The van der Waals surface area contributed by atoms with Crippen molar-refractivity contribution in [3.05, 3.63) is 64.4 Å². The Morgan fingerprint density at radius 1 is 1.15 bits per heavy atom. The summed E-state index contributed by atoms with van der Waals surface area (Å²) in [6, 6.07) is 7.36. The summed E-state index contributed by atoms with van der Waals surface area (Å²) in [5, 5.41) is 2.29. The third-order valence-corrected chi connectivity index (χ3v) is 6.60. The highest BCUT2D eigenvalue weighted by atomic mass is 19.1. The van der Waals surface area contributed by atoms with Crippen LogP contribution in [0.15, 0.2) is 30.3 Å². The maximum atomic E-state index is 14.5. The molecule has 2 fully saturated rings. The van der Waals surface area contributed by atoms with Crippen LogP contribution in [-0.2, 0) is 22.7 Å². The average Bonchev–Trinajstić information content (AvgIpc) is 3.15. The van der Waals surface area contributed by atoms with E-state index in [0.717, 1.165) is 24.3 Å². The second kappa shape index (κ2) is 8.83. The van der Waals surface area contributed by atoms with Crippen molar-refractivity contribution in [3.63, 3.8) is 0 Å². The summed E-state index contributed by atoms with van der Waals surface area (Å²) in [6.07, 6.45) is 0.441. The number of rotatable bonds is 4. The van der Waals surface area contributed by atoms with Crippen molar-refractivity contribution in [2.45, 2.75) is 32.0 Å². The number of imide groups is 1. The molecule has 10 heteroatoms. The molecule has 5 rings (SSSR count). The molecule has 1 unspecified atom stereocenters. The van der Waals surface area contributed by atoms with E-state index in [1.807, 2.05) is 12.1 Å². The number of halogens is 1. The number of carbonyl (C=O) groups is 3. The van der Waals surface area contributed by atoms with Gasteiger partial charge in [-0.1, -0.05) is 12.6 Å². The van der Waals surface area contributed by atoms with Crippen molar-refractivity contribution in [1.29, 1.82) is 0 Å². The van der Waals surface area contributed by atoms with E-state index < -0.39 is 17.8 Å². The molecular weight excluding hydrogens is 439 g/mol. The second-order valence-electron chi connectivity index (χ2n) is 8.71. The van der Waals surface area contributed by atoms with Crippen LogP contribution in [0.4, 0.5) is 15.9 Å². The predicted molar refractivity (Wildman–Crippen MR) is 120 cm³/mol. The lowest BCUT2D eigenvalue weighted by Crippen LogP contribution is -2.52. The number of anilines is 1. The third-order valence-electron chi connectivity index (χ3n) is 6.60. The first-order valence-corrected chi connectivity index (χ1v) is 11.2. The van der Waals surface area contributed by atoms with Crippen molar-refractivity contribution in [2.75, 3.05) is 31.1 Å². The highest BCUT2D eigenvalue weighted by Gasteiger charge is 2.41. The van der Waals surface area contributed by atoms with Gasteiger partial charge in [-0.2, -0.15) is 0 Å². The molecular formula is C24H23FN6O3. The number of carbonyl (C=O) groups excluding carboxylic acids is 3. The van der Waals surface area contributed by atoms with Gasteiger partial charge in [-0.15, -0.1) is 4.98 Å². The molecule has 1 aromatic heterocycles. The number of fused-ring (bicyclic) bond motifs is 1. The van der Waals surface area contributed by atoms with Gasteiger partial charge in [-0.3, -0.25) is 24.6 Å². The fourth-order valence-corrected chi connectivity index (χ4v) is 4.88. The van der Waals surface area contributed by atoms with Gasteiger partial charge in [0.15, 0.2) is 0 Å². The first-order chi connectivity index (χ1) is 16.4. The topological polar surface area (TPSA) is 90.2 Å². The van der Waals surface area contributed by atoms with Gasteiger partial charge in [0, 0.05) is 56.0 Å². The maximum absolute atomic E-state index is 14.5. The van der Waals surface area contributed by atoms with Crippen LogP contribution in [0.25, 0.3) is 4.85 Å². The summed E-state index contributed by atoms with van der Waals surface area (Å²) >= 11 is 0. The number of hydrogen-bond donors (Lipinski definition) is 1. The Balaban J connectivity index is 1.31. The molecule has 2 aromatic rings. The zero-order valence-electron chi connectivity index (χ0n) is 18.5. The Bertz CT molecular complexity index is 1220. The smallest absolute Gasteiger partial charge is 0.269 e. The number of nitrogens with one attached hydrogen (secondary N) is 1. The third kappa shape index (κ3) is 4.10. The molecule has 3 amide bonds. The van der Waals surface area contributed by atoms with E-state index in [1.165, 1.54) is 17.0 Å². The summed E-state index contributed by atoms with van der Waals surface area (Å²) in [6.45, 7) is 10.7. The molecule has 1 atom stereocenters. The zero-order chi connectivity index (χ0) is 23.8. The number of aromatic nitrogens is 1. The summed E-state index contributed by atoms with van der Waals surface area (Å²) < 4.78 is 14.5. The van der Waals surface area contributed by atoms with E-state index in [1.54, 1.807) is 6.07 Å². The minimum Gasteiger partial charge on any atom is -0.369 e. The fraction of sp³-hybridized carbons (Fsp3) is 0.375. The lowest BCUT2D eigenvalue weighted by Gasteiger charge is -2.36. The normalized spacial score (nSPS) is 20.8. The van der Waals surface area contributed by atoms with Crippen LogP contribution in [0.1, 0.15) is 34.5 Å². The van der Waals surface area contributed by atoms with Gasteiger partial charge in [-0.05, 0) is 30.7 Å². The summed E-state index contributed by atoms with van der Waals surface area (Å²) in [5.74, 6) is -1.32. The van der Waals surface area contributed by atoms with E-state index >= 15 is 0 Å². The Labute approximate surface area is 196 Å². The van der Waals surface area contributed by atoms with Crippen molar-refractivity contribution in [2.24, 2.45) is 0 Å². The number of piperidine rings is 1. The predicted octanol–water partition coefficient (Wildman–Crippen LogP) is 1.85. The highest BCUT2D eigenvalue weighted by molar-refractivity contribution is 6.06. The molecule has 34 heavy (non-hydrogen) atoms. The summed E-state index contributed by atoms with van der Waals surface area (Å²) in [7, 11) is 0. The lowest BCUT2D eigenvalue weighted by atomic mass is 10.0. The minimum atomic E-state index is -0.732. The van der Waals surface area contributed by atoms with Gasteiger partial charge in [0.25, 0.3) is 11.7 Å². The number of amides is 3. The van der Waals surface area contributed by atoms with Crippen LogP contribution in [0.3, 0.4) is 0 Å². The SMILES string of the molecule is [C-]#[N+]c1cccc(CN2CCN(c3cc(F)cc4c3CN(C3CCC(=O)NC3=O)C4=O)CC2)n1. The Morgan fingerprint density at radius 2 is 1.94 bits per heavy atom. The quantitative estimate of drug-likeness (QED) is 0.551. The van der Waals surface area contributed by atoms with Crippen molar-refractivity contribution in [1.82, 2.24) is 20.1 Å². The molecule has 1 N–H and O–H groups in total. The minimum absolute atomic E-state index is 0.174. The van der Waals surface area contributed by atoms with Crippen LogP contribution in [0.2, 0.25) is 0 Å². The first kappa shape index (κ1) is 22.0. The monoisotopic (exact) mass is 462 g/mol. The Hall–Kier alpha value is -3.84. The molecule has 0 bridgehead atoms. The molecule has 174 valence electrons. The van der Waals surface area contributed by atoms with Gasteiger partial charge in [0.05, 0.1) is 6.54 Å². The van der Waals surface area contributed by atoms with Crippen molar-refractivity contribution >= 4 is 29.2 Å². The summed E-state index contributed by atoms with van der Waals surface area (Å²) in [5.41, 5.74) is 2.50. The fourth-order valence-electron chi connectivity index (χ4n) is 4.88. The van der Waals surface area contributed by atoms with Gasteiger partial charge in [0.2, 0.25) is 11.8 Å². The molecule has 2 saturated heterocycles. The van der Waals surface area contributed by atoms with Crippen LogP contribution < -0.4 is 10.2 Å². The zero-order valence-corrected chi connectivity index (χ0v) is 18.5. The second-order valence-corrected chi connectivity index (χ2v) is 8.71. The number of benzene rings is 1. The number of pyridine rings is 1. The molecule has 0 aliphatic carbocycles. The van der Waals surface area contributed by atoms with Gasteiger partial charge < -0.3 is 14.6 Å². The Kier molecular flexibility index (Phi) is 5.71. The lowest BCUT2D eigenvalue weighted by molar-refractivity contribution is -0.136. The Morgan fingerprint density at radius 3 is 2.68 bits per heavy atom. The van der Waals surface area contributed by atoms with E-state index in [9.17, 15) is 18.8 Å². The number of piperazine rings is 1. The van der Waals surface area contributed by atoms with Crippen LogP contribution >= 0.6 is 0 Å². The van der Waals surface area contributed by atoms with Crippen molar-refractivity contribution < 1.29 is 18.8 Å². The first-order valence-electron chi connectivity index (χ1n) is 11.2. The standard InChI is InChI=1S/C24H23FN6O3/c1-26-21-4-2-3-16(27-21)13-29-7-9-30(10-8-29)20-12-15(25)11-17-18(20)14-31(24(17)34)19-5-6-22(32)28-23(19)33/h2-4,11-12,19H,5-10,13-14H2,(H,28,32,33). The maximum Gasteiger partial charge on any atom is 0.269 e. The van der Waals surface area contributed by atoms with Gasteiger partial charge >= 0.3 is 0 Å². The average molecular weight is 462 g/mol. The number of hydrogen-bond acceptors (Lipinski definition) is 6. The largest absolute Gasteiger partial charge is 0.369 e. The van der Waals surface area contributed by atoms with Crippen LogP contribution in [-0.4, -0.2) is 64.7 Å². The van der Waals surface area contributed by atoms with E-state index in [4.69, 9.17) is 6.57 Å². The van der Waals surface area contributed by atoms with Crippen LogP contribution in [0.5, 0.6) is 0 Å². The molecule has 3 aliphatic rings. The van der Waals surface area contributed by atoms with E-state index in [2.05, 4.69) is 24.9 Å². The molecule has 4 heterocycles. The van der Waals surface area contributed by atoms with Gasteiger partial charge in [-0.25, -0.2) is 4.39 Å².